The minimum absolute atomic E-state index is 0.652. The van der Waals surface area contributed by atoms with E-state index in [-0.39, 0.29) is 0 Å². The fourth-order valence-corrected chi connectivity index (χ4v) is 1.30. The van der Waals surface area contributed by atoms with E-state index in [9.17, 15) is 0 Å². The molecule has 5 heteroatoms. The number of nitrogens with one attached hydrogen (secondary N) is 2. The number of rotatable bonds is 3. The molecule has 2 aromatic rings. The average Bonchev–Trinajstić information content (AvgIpc) is 2.63. The summed E-state index contributed by atoms with van der Waals surface area (Å²) in [5.74, 6) is 0.707. The second-order valence-corrected chi connectivity index (χ2v) is 3.32. The first-order valence-electron chi connectivity index (χ1n) is 4.70. The number of aryl methyl sites for hydroxylation is 1. The Hall–Kier alpha value is -2.04. The van der Waals surface area contributed by atoms with Gasteiger partial charge in [0.05, 0.1) is 11.9 Å². The molecule has 5 nitrogen and oxygen atoms in total. The average molecular weight is 203 g/mol. The number of nitrogens with zero attached hydrogens (tertiary/aromatic N) is 2. The van der Waals surface area contributed by atoms with Crippen molar-refractivity contribution in [2.24, 2.45) is 0 Å². The van der Waals surface area contributed by atoms with E-state index in [0.717, 1.165) is 11.3 Å². The first-order chi connectivity index (χ1) is 7.27. The van der Waals surface area contributed by atoms with Gasteiger partial charge in [0, 0.05) is 24.0 Å². The van der Waals surface area contributed by atoms with Gasteiger partial charge >= 0.3 is 0 Å². The quantitative estimate of drug-likeness (QED) is 0.702. The first-order valence-corrected chi connectivity index (χ1v) is 4.70. The Kier molecular flexibility index (Phi) is 2.53. The molecule has 0 aromatic carbocycles. The van der Waals surface area contributed by atoms with E-state index in [1.165, 1.54) is 0 Å². The number of pyridine rings is 1. The minimum Gasteiger partial charge on any atom is -0.396 e. The second kappa shape index (κ2) is 4.00. The summed E-state index contributed by atoms with van der Waals surface area (Å²) in [6.07, 6.45) is 3.50. The Morgan fingerprint density at radius 1 is 1.53 bits per heavy atom. The lowest BCUT2D eigenvalue weighted by Crippen LogP contribution is -2.04. The lowest BCUT2D eigenvalue weighted by atomic mass is 10.2. The summed E-state index contributed by atoms with van der Waals surface area (Å²) in [5, 5.41) is 9.98. The van der Waals surface area contributed by atoms with E-state index in [4.69, 9.17) is 5.73 Å². The molecular weight excluding hydrogens is 190 g/mol. The third kappa shape index (κ3) is 2.07. The van der Waals surface area contributed by atoms with E-state index in [1.807, 2.05) is 19.1 Å². The van der Waals surface area contributed by atoms with Crippen LogP contribution in [0.5, 0.6) is 0 Å². The van der Waals surface area contributed by atoms with Crippen molar-refractivity contribution in [2.45, 2.75) is 13.5 Å². The maximum absolute atomic E-state index is 5.75. The molecule has 78 valence electrons. The molecule has 0 aliphatic carbocycles. The molecule has 0 atom stereocenters. The number of H-pyrrole nitrogens is 1. The van der Waals surface area contributed by atoms with Crippen LogP contribution in [0.15, 0.2) is 24.5 Å². The van der Waals surface area contributed by atoms with Crippen molar-refractivity contribution in [3.05, 3.63) is 35.8 Å². The predicted octanol–water partition coefficient (Wildman–Crippen LogP) is 1.31. The summed E-state index contributed by atoms with van der Waals surface area (Å²) in [6, 6.07) is 3.63. The highest BCUT2D eigenvalue weighted by molar-refractivity contribution is 5.60. The van der Waals surface area contributed by atoms with Crippen LogP contribution in [0.3, 0.4) is 0 Å². The molecule has 0 radical (unpaired) electrons. The summed E-state index contributed by atoms with van der Waals surface area (Å²) in [7, 11) is 0. The summed E-state index contributed by atoms with van der Waals surface area (Å²) in [5.41, 5.74) is 8.57. The van der Waals surface area contributed by atoms with Crippen LogP contribution >= 0.6 is 0 Å². The Labute approximate surface area is 87.7 Å². The number of aromatic nitrogens is 3. The van der Waals surface area contributed by atoms with Gasteiger partial charge in [-0.05, 0) is 19.1 Å². The van der Waals surface area contributed by atoms with E-state index in [0.29, 0.717) is 18.1 Å². The van der Waals surface area contributed by atoms with Crippen LogP contribution in [0.2, 0.25) is 0 Å². The SMILES string of the molecule is Cc1[nH]ncc1CNc1ncccc1N. The Balaban J connectivity index is 2.06. The van der Waals surface area contributed by atoms with Crippen molar-refractivity contribution in [3.8, 4) is 0 Å². The zero-order valence-electron chi connectivity index (χ0n) is 8.49. The van der Waals surface area contributed by atoms with Gasteiger partial charge in [-0.1, -0.05) is 0 Å². The third-order valence-electron chi connectivity index (χ3n) is 2.22. The highest BCUT2D eigenvalue weighted by Crippen LogP contribution is 2.14. The number of nitrogens with two attached hydrogens (primary N) is 1. The van der Waals surface area contributed by atoms with Crippen LogP contribution in [0.1, 0.15) is 11.3 Å². The molecule has 15 heavy (non-hydrogen) atoms. The van der Waals surface area contributed by atoms with Crippen molar-refractivity contribution in [1.29, 1.82) is 0 Å². The number of hydrogen-bond donors (Lipinski definition) is 3. The van der Waals surface area contributed by atoms with Gasteiger partial charge in [0.25, 0.3) is 0 Å². The van der Waals surface area contributed by atoms with Gasteiger partial charge in [-0.25, -0.2) is 4.98 Å². The summed E-state index contributed by atoms with van der Waals surface area (Å²) < 4.78 is 0. The van der Waals surface area contributed by atoms with Gasteiger partial charge in [0.1, 0.15) is 5.82 Å². The number of hydrogen-bond acceptors (Lipinski definition) is 4. The molecule has 0 aliphatic rings. The first kappa shape index (κ1) is 9.51. The molecule has 0 unspecified atom stereocenters. The van der Waals surface area contributed by atoms with Crippen molar-refractivity contribution >= 4 is 11.5 Å². The molecule has 0 aliphatic heterocycles. The minimum atomic E-state index is 0.652. The van der Waals surface area contributed by atoms with Crippen LogP contribution in [0.4, 0.5) is 11.5 Å². The molecule has 0 spiro atoms. The smallest absolute Gasteiger partial charge is 0.149 e. The van der Waals surface area contributed by atoms with Crippen molar-refractivity contribution in [1.82, 2.24) is 15.2 Å². The standard InChI is InChI=1S/C10H13N5/c1-7-8(6-14-15-7)5-13-10-9(11)3-2-4-12-10/h2-4,6H,5,11H2,1H3,(H,12,13)(H,14,15). The monoisotopic (exact) mass is 203 g/mol. The molecule has 2 heterocycles. The topological polar surface area (TPSA) is 79.6 Å². The van der Waals surface area contributed by atoms with Gasteiger partial charge in [0.15, 0.2) is 0 Å². The summed E-state index contributed by atoms with van der Waals surface area (Å²) >= 11 is 0. The summed E-state index contributed by atoms with van der Waals surface area (Å²) in [4.78, 5) is 4.14. The van der Waals surface area contributed by atoms with E-state index in [2.05, 4.69) is 20.5 Å². The van der Waals surface area contributed by atoms with Crippen LogP contribution in [-0.4, -0.2) is 15.2 Å². The lowest BCUT2D eigenvalue weighted by Gasteiger charge is -2.06. The maximum Gasteiger partial charge on any atom is 0.149 e. The zero-order chi connectivity index (χ0) is 10.7. The normalized spacial score (nSPS) is 10.2. The fourth-order valence-electron chi connectivity index (χ4n) is 1.30. The van der Waals surface area contributed by atoms with Crippen LogP contribution < -0.4 is 11.1 Å². The molecule has 2 aromatic heterocycles. The summed E-state index contributed by atoms with van der Waals surface area (Å²) in [6.45, 7) is 2.65. The van der Waals surface area contributed by atoms with E-state index < -0.39 is 0 Å². The van der Waals surface area contributed by atoms with Gasteiger partial charge in [-0.2, -0.15) is 5.10 Å². The molecule has 0 fully saturated rings. The van der Waals surface area contributed by atoms with Gasteiger partial charge in [-0.15, -0.1) is 0 Å². The number of aromatic amines is 1. The molecule has 0 amide bonds. The molecule has 2 rings (SSSR count). The van der Waals surface area contributed by atoms with Crippen molar-refractivity contribution in [2.75, 3.05) is 11.1 Å². The Morgan fingerprint density at radius 2 is 2.40 bits per heavy atom. The molecule has 4 N–H and O–H groups in total. The van der Waals surface area contributed by atoms with E-state index in [1.54, 1.807) is 12.4 Å². The Morgan fingerprint density at radius 3 is 3.07 bits per heavy atom. The maximum atomic E-state index is 5.75. The van der Waals surface area contributed by atoms with Crippen molar-refractivity contribution < 1.29 is 0 Å². The lowest BCUT2D eigenvalue weighted by molar-refractivity contribution is 1.04. The molecule has 0 bridgehead atoms. The highest BCUT2D eigenvalue weighted by atomic mass is 15.1. The fraction of sp³-hybridized carbons (Fsp3) is 0.200. The largest absolute Gasteiger partial charge is 0.396 e. The highest BCUT2D eigenvalue weighted by Gasteiger charge is 2.02. The van der Waals surface area contributed by atoms with Crippen LogP contribution in [0, 0.1) is 6.92 Å². The van der Waals surface area contributed by atoms with Crippen LogP contribution in [-0.2, 0) is 6.54 Å². The Bertz CT molecular complexity index is 449. The molecule has 0 saturated carbocycles. The number of anilines is 2. The molecule has 0 saturated heterocycles. The number of nitrogen functional groups attached to an aromatic ring is 1. The third-order valence-corrected chi connectivity index (χ3v) is 2.22. The zero-order valence-corrected chi connectivity index (χ0v) is 8.49. The van der Waals surface area contributed by atoms with Crippen LogP contribution in [0.25, 0.3) is 0 Å². The van der Waals surface area contributed by atoms with Crippen molar-refractivity contribution in [3.63, 3.8) is 0 Å². The van der Waals surface area contributed by atoms with Gasteiger partial charge in [-0.3, -0.25) is 5.10 Å². The van der Waals surface area contributed by atoms with E-state index >= 15 is 0 Å². The predicted molar refractivity (Wildman–Crippen MR) is 59.3 cm³/mol. The molecular formula is C10H13N5. The van der Waals surface area contributed by atoms with Gasteiger partial charge in [0.2, 0.25) is 0 Å². The second-order valence-electron chi connectivity index (χ2n) is 3.32. The van der Waals surface area contributed by atoms with Gasteiger partial charge < -0.3 is 11.1 Å².